The van der Waals surface area contributed by atoms with Crippen molar-refractivity contribution in [2.24, 2.45) is 34.7 Å². The highest BCUT2D eigenvalue weighted by molar-refractivity contribution is 6.39. The summed E-state index contributed by atoms with van der Waals surface area (Å²) >= 11 is 0. The zero-order chi connectivity index (χ0) is 55.6. The maximum absolute atomic E-state index is 14.4. The van der Waals surface area contributed by atoms with Crippen LogP contribution >= 0.6 is 0 Å². The summed E-state index contributed by atoms with van der Waals surface area (Å²) in [5.41, 5.74) is 1.80. The van der Waals surface area contributed by atoms with Gasteiger partial charge in [-0.25, -0.2) is 9.59 Å². The van der Waals surface area contributed by atoms with Crippen LogP contribution in [0.15, 0.2) is 77.5 Å². The van der Waals surface area contributed by atoms with Crippen molar-refractivity contribution in [3.63, 3.8) is 0 Å². The van der Waals surface area contributed by atoms with E-state index < -0.39 is 83.9 Å². The van der Waals surface area contributed by atoms with Crippen LogP contribution in [-0.4, -0.2) is 148 Å². The molecule has 2 aliphatic heterocycles. The number of aromatic carboxylic acids is 1. The van der Waals surface area contributed by atoms with E-state index in [2.05, 4.69) is 25.6 Å². The minimum absolute atomic E-state index is 0.00131. The van der Waals surface area contributed by atoms with Gasteiger partial charge in [-0.3, -0.25) is 9.59 Å². The van der Waals surface area contributed by atoms with Gasteiger partial charge in [-0.15, -0.1) is 0 Å². The second kappa shape index (κ2) is 30.4. The Morgan fingerprint density at radius 3 is 2.35 bits per heavy atom. The first-order valence-electron chi connectivity index (χ1n) is 26.9. The molecule has 2 heterocycles. The largest absolute Gasteiger partial charge is 0.478 e. The van der Waals surface area contributed by atoms with E-state index >= 15 is 0 Å². The molecule has 1 aliphatic carbocycles. The number of likely N-dealkylation sites (tertiary alicyclic amines) is 1. The molecule has 1 saturated carbocycles. The number of hydrogen-bond donors (Lipinski definition) is 5. The minimum Gasteiger partial charge on any atom is -0.478 e. The lowest BCUT2D eigenvalue weighted by molar-refractivity contribution is -0.265. The van der Waals surface area contributed by atoms with E-state index in [0.29, 0.717) is 75.5 Å². The van der Waals surface area contributed by atoms with Gasteiger partial charge in [0.15, 0.2) is 5.75 Å². The normalized spacial score (nSPS) is 27.0. The van der Waals surface area contributed by atoms with Crippen molar-refractivity contribution in [2.75, 3.05) is 27.9 Å². The Kier molecular flexibility index (Phi) is 25.5. The number of hydrogen-bond acceptors (Lipinski definition) is 15. The van der Waals surface area contributed by atoms with E-state index in [4.69, 9.17) is 28.5 Å². The Bertz CT molecular complexity index is 2160. The Hall–Kier alpha value is -4.59. The number of benzene rings is 1. The number of aliphatic hydroxyl groups excluding tert-OH is 3. The van der Waals surface area contributed by atoms with Crippen LogP contribution in [0.1, 0.15) is 142 Å². The number of methoxy groups -OCH3 is 3. The monoisotopic (exact) mass is 1050 g/mol. The summed E-state index contributed by atoms with van der Waals surface area (Å²) in [4.78, 5) is 61.5. The van der Waals surface area contributed by atoms with Gasteiger partial charge in [-0.05, 0) is 126 Å². The third-order valence-corrected chi connectivity index (χ3v) is 15.3. The van der Waals surface area contributed by atoms with Gasteiger partial charge in [0.05, 0.1) is 41.8 Å². The third-order valence-electron chi connectivity index (χ3n) is 15.3. The number of ketones is 1. The molecule has 0 radical (unpaired) electrons. The van der Waals surface area contributed by atoms with Crippen molar-refractivity contribution >= 4 is 29.3 Å². The SMILES string of the molecule is C=C/C=C/C=C(\C)[C@H](C[C@@H]1CC[C@@H](C)[C@](O)(C(=O)C(=O)N2CCCC[C@H]2C(=O)O[C@H](CC[C@@H]2CC[C@@H](O)[C@H](OC)C2)C[C@@H](O)[C@H](C)/C=C(\C)[C@@H](O)[C@@H](OC)/C(=N/Oc2cccc(C(=O)O)c2)[C@H](C)CC(C)C)O1)OC. The van der Waals surface area contributed by atoms with E-state index in [1.54, 1.807) is 65.4 Å². The number of carbonyl (C=O) groups is 4. The summed E-state index contributed by atoms with van der Waals surface area (Å²) in [5.74, 6) is -7.38. The van der Waals surface area contributed by atoms with Gasteiger partial charge in [-0.2, -0.15) is 0 Å². The maximum Gasteiger partial charge on any atom is 0.335 e. The first-order chi connectivity index (χ1) is 35.6. The molecule has 17 heteroatoms. The van der Waals surface area contributed by atoms with Crippen molar-refractivity contribution < 1.29 is 73.2 Å². The van der Waals surface area contributed by atoms with Crippen LogP contribution in [0.25, 0.3) is 0 Å². The number of piperidine rings is 1. The highest BCUT2D eigenvalue weighted by atomic mass is 16.6. The minimum atomic E-state index is -2.44. The number of nitrogens with zero attached hydrogens (tertiary/aromatic N) is 2. The van der Waals surface area contributed by atoms with E-state index in [1.165, 1.54) is 24.1 Å². The van der Waals surface area contributed by atoms with Crippen LogP contribution in [-0.2, 0) is 38.1 Å². The first kappa shape index (κ1) is 62.9. The number of allylic oxidation sites excluding steroid dienone is 4. The molecule has 3 fully saturated rings. The fourth-order valence-electron chi connectivity index (χ4n) is 10.7. The number of rotatable bonds is 28. The lowest BCUT2D eigenvalue weighted by Crippen LogP contribution is -2.60. The molecular weight excluding hydrogens is 965 g/mol. The molecule has 3 aliphatic rings. The number of Topliss-reactive ketones (excluding diaryl/α,β-unsaturated/α-hetero) is 1. The number of ether oxygens (including phenoxy) is 5. The van der Waals surface area contributed by atoms with Gasteiger partial charge in [0.1, 0.15) is 24.4 Å². The van der Waals surface area contributed by atoms with Crippen LogP contribution in [0.5, 0.6) is 5.75 Å². The van der Waals surface area contributed by atoms with E-state index in [0.717, 1.165) is 12.0 Å². The van der Waals surface area contributed by atoms with Crippen LogP contribution in [0.3, 0.4) is 0 Å². The predicted octanol–water partition coefficient (Wildman–Crippen LogP) is 7.93. The van der Waals surface area contributed by atoms with Gasteiger partial charge in [0.25, 0.3) is 11.7 Å². The smallest absolute Gasteiger partial charge is 0.335 e. The maximum atomic E-state index is 14.4. The molecule has 420 valence electrons. The van der Waals surface area contributed by atoms with Crippen LogP contribution in [0.4, 0.5) is 0 Å². The highest BCUT2D eigenvalue weighted by Crippen LogP contribution is 2.37. The number of aliphatic hydroxyl groups is 4. The number of oxime groups is 1. The molecule has 4 rings (SSSR count). The molecule has 0 aromatic heterocycles. The topological polar surface area (TPSA) is 240 Å². The lowest BCUT2D eigenvalue weighted by atomic mass is 9.81. The first-order valence-corrected chi connectivity index (χ1v) is 26.9. The molecule has 1 amide bonds. The number of esters is 1. The predicted molar refractivity (Wildman–Crippen MR) is 285 cm³/mol. The molecule has 0 spiro atoms. The Morgan fingerprint density at radius 2 is 1.69 bits per heavy atom. The van der Waals surface area contributed by atoms with E-state index in [9.17, 15) is 44.7 Å². The lowest BCUT2D eigenvalue weighted by Gasteiger charge is -2.42. The molecule has 5 N–H and O–H groups in total. The molecule has 14 atom stereocenters. The Balaban J connectivity index is 1.55. The van der Waals surface area contributed by atoms with Crippen LogP contribution < -0.4 is 4.84 Å². The molecule has 1 aromatic carbocycles. The number of carbonyl (C=O) groups excluding carboxylic acids is 3. The Morgan fingerprint density at radius 1 is 0.960 bits per heavy atom. The molecule has 1 aromatic rings. The molecule has 75 heavy (non-hydrogen) atoms. The average Bonchev–Trinajstić information content (AvgIpc) is 3.38. The van der Waals surface area contributed by atoms with Gasteiger partial charge in [0, 0.05) is 58.5 Å². The Labute approximate surface area is 445 Å². The van der Waals surface area contributed by atoms with Crippen molar-refractivity contribution in [3.8, 4) is 5.75 Å². The number of amides is 1. The summed E-state index contributed by atoms with van der Waals surface area (Å²) in [7, 11) is 4.59. The van der Waals surface area contributed by atoms with Crippen molar-refractivity contribution in [3.05, 3.63) is 77.9 Å². The molecule has 0 unspecified atom stereocenters. The fourth-order valence-corrected chi connectivity index (χ4v) is 10.7. The van der Waals surface area contributed by atoms with Gasteiger partial charge in [0.2, 0.25) is 5.79 Å². The van der Waals surface area contributed by atoms with E-state index in [-0.39, 0.29) is 60.7 Å². The van der Waals surface area contributed by atoms with E-state index in [1.807, 2.05) is 26.0 Å². The summed E-state index contributed by atoms with van der Waals surface area (Å²) in [6, 6.07) is 4.79. The third kappa shape index (κ3) is 18.0. The number of carboxylic acids is 1. The van der Waals surface area contributed by atoms with Crippen LogP contribution in [0.2, 0.25) is 0 Å². The highest BCUT2D eigenvalue weighted by Gasteiger charge is 2.53. The van der Waals surface area contributed by atoms with Gasteiger partial charge >= 0.3 is 11.9 Å². The average molecular weight is 1050 g/mol. The molecular formula is C58H88N2O15. The standard InChI is InChI=1S/C58H88N2O15/c1-12-13-14-18-36(4)49(70-9)34-44-25-22-40(8)58(69,74-44)54(64)55(65)60-28-16-15-21-46(60)57(68)73-43(26-23-41-24-27-47(61)50(31-41)71-10)33-48(62)37(5)30-39(7)52(63)53(72-11)51(38(6)29-35(2)3)59-75-45-20-17-19-42(32-45)56(66)67/h12-14,17-20,30,32,35,37-38,40-41,43-44,46-50,52-53,61-63,69H,1,15-16,21-29,31,33-34H2,2-11H3,(H,66,67)/b14-13+,36-18+,39-30+,59-51+/t37-,38-,40-,41-,43-,44+,46+,47-,48-,49+,50-,52-,53+,58-/m1/s1. The second-order valence-corrected chi connectivity index (χ2v) is 21.5. The molecule has 17 nitrogen and oxygen atoms in total. The quantitative estimate of drug-likeness (QED) is 0.0134. The van der Waals surface area contributed by atoms with Crippen molar-refractivity contribution in [2.45, 2.75) is 193 Å². The van der Waals surface area contributed by atoms with Crippen LogP contribution in [0, 0.1) is 29.6 Å². The van der Waals surface area contributed by atoms with Crippen molar-refractivity contribution in [1.82, 2.24) is 4.90 Å². The summed E-state index contributed by atoms with van der Waals surface area (Å²) < 4.78 is 29.6. The molecule has 2 saturated heterocycles. The van der Waals surface area contributed by atoms with Crippen molar-refractivity contribution in [1.29, 1.82) is 0 Å². The van der Waals surface area contributed by atoms with Gasteiger partial charge in [-0.1, -0.05) is 82.8 Å². The summed E-state index contributed by atoms with van der Waals surface area (Å²) in [6.45, 7) is 16.9. The fraction of sp³-hybridized carbons (Fsp3) is 0.672. The zero-order valence-corrected chi connectivity index (χ0v) is 46.1. The number of carboxylic acid groups (broad SMARTS) is 1. The van der Waals surface area contributed by atoms with Gasteiger partial charge < -0.3 is 59.0 Å². The second-order valence-electron chi connectivity index (χ2n) is 21.5. The summed E-state index contributed by atoms with van der Waals surface area (Å²) in [5, 5.41) is 60.1. The summed E-state index contributed by atoms with van der Waals surface area (Å²) in [6.07, 6.45) is 8.95. The zero-order valence-electron chi connectivity index (χ0n) is 46.1. The molecule has 0 bridgehead atoms.